The zero-order chi connectivity index (χ0) is 27.8. The van der Waals surface area contributed by atoms with Crippen LogP contribution in [0.15, 0.2) is 42.5 Å². The minimum Gasteiger partial charge on any atom is -0.258 e. The Hall–Kier alpha value is -5.51. The molecule has 0 saturated carbocycles. The first-order valence-corrected chi connectivity index (χ1v) is 9.96. The topological polar surface area (TPSA) is 259 Å². The summed E-state index contributed by atoms with van der Waals surface area (Å²) in [6.45, 7) is 0. The lowest BCUT2D eigenvalue weighted by atomic mass is 9.91. The number of nitro groups is 6. The van der Waals surface area contributed by atoms with E-state index in [9.17, 15) is 60.7 Å². The first kappa shape index (κ1) is 26.1. The van der Waals surface area contributed by atoms with Gasteiger partial charge in [0.05, 0.1) is 40.7 Å². The summed E-state index contributed by atoms with van der Waals surface area (Å²) in [7, 11) is 2.13. The molecule has 18 nitrogen and oxygen atoms in total. The maximum Gasteiger partial charge on any atom is 0.422 e. The second kappa shape index (κ2) is 9.62. The lowest BCUT2D eigenvalue weighted by molar-refractivity contribution is -0.440. The summed E-state index contributed by atoms with van der Waals surface area (Å²) in [6, 6.07) is 6.66. The largest absolute Gasteiger partial charge is 0.422 e. The molecule has 3 aromatic carbocycles. The summed E-state index contributed by atoms with van der Waals surface area (Å²) in [4.78, 5) is 62.0. The second-order valence-corrected chi connectivity index (χ2v) is 7.59. The Morgan fingerprint density at radius 2 is 0.865 bits per heavy atom. The van der Waals surface area contributed by atoms with Crippen LogP contribution in [0.4, 0.5) is 34.1 Å². The molecule has 0 heterocycles. The molecule has 188 valence electrons. The quantitative estimate of drug-likeness (QED) is 0.227. The van der Waals surface area contributed by atoms with Gasteiger partial charge in [0.25, 0.3) is 0 Å². The van der Waals surface area contributed by atoms with Crippen LogP contribution in [0.3, 0.4) is 0 Å². The van der Waals surface area contributed by atoms with E-state index in [4.69, 9.17) is 0 Å². The van der Waals surface area contributed by atoms with Crippen molar-refractivity contribution in [1.29, 1.82) is 0 Å². The molecule has 1 atom stereocenters. The molecule has 3 rings (SSSR count). The van der Waals surface area contributed by atoms with Crippen LogP contribution in [0.25, 0.3) is 22.3 Å². The first-order chi connectivity index (χ1) is 17.3. The number of benzene rings is 3. The number of hydrogen-bond acceptors (Lipinski definition) is 12. The third-order valence-electron chi connectivity index (χ3n) is 5.04. The average molecular weight is 532 g/mol. The molecule has 0 spiro atoms. The van der Waals surface area contributed by atoms with E-state index in [1.54, 1.807) is 0 Å². The van der Waals surface area contributed by atoms with Gasteiger partial charge in [-0.05, 0) is 23.0 Å². The highest BCUT2D eigenvalue weighted by Crippen LogP contribution is 2.49. The highest BCUT2D eigenvalue weighted by Gasteiger charge is 2.42. The van der Waals surface area contributed by atoms with Crippen LogP contribution >= 0.6 is 9.24 Å². The molecule has 0 radical (unpaired) electrons. The maximum absolute atomic E-state index is 11.9. The molecule has 0 saturated heterocycles. The average Bonchev–Trinajstić information content (AvgIpc) is 2.81. The molecule has 0 aromatic heterocycles. The Bertz CT molecular complexity index is 1570. The van der Waals surface area contributed by atoms with Crippen LogP contribution in [0.5, 0.6) is 0 Å². The van der Waals surface area contributed by atoms with Crippen LogP contribution in [0, 0.1) is 60.7 Å². The van der Waals surface area contributed by atoms with Crippen molar-refractivity contribution >= 4 is 48.7 Å². The Labute approximate surface area is 204 Å². The van der Waals surface area contributed by atoms with E-state index in [1.165, 1.54) is 12.1 Å². The summed E-state index contributed by atoms with van der Waals surface area (Å²) < 4.78 is 0. The maximum atomic E-state index is 11.9. The molecular formula is C18H9N6O12P. The van der Waals surface area contributed by atoms with Crippen molar-refractivity contribution in [3.8, 4) is 22.3 Å². The number of rotatable bonds is 8. The summed E-state index contributed by atoms with van der Waals surface area (Å²) >= 11 is 0. The summed E-state index contributed by atoms with van der Waals surface area (Å²) in [5, 5.41) is 69.6. The van der Waals surface area contributed by atoms with Crippen molar-refractivity contribution in [2.45, 2.75) is 0 Å². The van der Waals surface area contributed by atoms with Crippen molar-refractivity contribution in [3.05, 3.63) is 103 Å². The zero-order valence-corrected chi connectivity index (χ0v) is 18.9. The number of hydrogen-bond donors (Lipinski definition) is 0. The fourth-order valence-electron chi connectivity index (χ4n) is 3.68. The molecule has 0 bridgehead atoms. The predicted molar refractivity (Wildman–Crippen MR) is 127 cm³/mol. The van der Waals surface area contributed by atoms with E-state index < -0.39 is 74.8 Å². The fraction of sp³-hybridized carbons (Fsp3) is 0. The molecule has 37 heavy (non-hydrogen) atoms. The monoisotopic (exact) mass is 532 g/mol. The molecule has 0 aliphatic rings. The van der Waals surface area contributed by atoms with Gasteiger partial charge in [0, 0.05) is 17.7 Å². The molecule has 0 N–H and O–H groups in total. The molecule has 0 aliphatic heterocycles. The molecule has 3 aromatic rings. The van der Waals surface area contributed by atoms with Gasteiger partial charge in [-0.15, -0.1) is 9.24 Å². The van der Waals surface area contributed by atoms with Gasteiger partial charge in [0.1, 0.15) is 0 Å². The van der Waals surface area contributed by atoms with Gasteiger partial charge in [-0.3, -0.25) is 60.7 Å². The van der Waals surface area contributed by atoms with E-state index in [2.05, 4.69) is 9.24 Å². The standard InChI is InChI=1S/C18H9N6O12P/c25-19(26)11-6-4-9(15(21(29)30)17(11)23(33)34)8-2-1-3-13(37)14(8)10-5-7-12(20(27)28)18(24(35)36)16(10)22(31)32/h1-7H,37H2. The fourth-order valence-corrected chi connectivity index (χ4v) is 4.10. The predicted octanol–water partition coefficient (Wildman–Crippen LogP) is 3.97. The van der Waals surface area contributed by atoms with Crippen molar-refractivity contribution in [3.63, 3.8) is 0 Å². The third kappa shape index (κ3) is 4.46. The highest BCUT2D eigenvalue weighted by atomic mass is 31.0. The van der Waals surface area contributed by atoms with Crippen LogP contribution in [-0.4, -0.2) is 29.5 Å². The normalized spacial score (nSPS) is 10.5. The van der Waals surface area contributed by atoms with Gasteiger partial charge in [0.2, 0.25) is 0 Å². The van der Waals surface area contributed by atoms with Gasteiger partial charge >= 0.3 is 34.1 Å². The molecule has 0 aliphatic carbocycles. The summed E-state index contributed by atoms with van der Waals surface area (Å²) in [5.41, 5.74) is -9.67. The molecule has 0 amide bonds. The number of nitrogens with zero attached hydrogens (tertiary/aromatic N) is 6. The molecular weight excluding hydrogens is 523 g/mol. The van der Waals surface area contributed by atoms with Crippen LogP contribution in [0.1, 0.15) is 0 Å². The second-order valence-electron chi connectivity index (χ2n) is 6.97. The Kier molecular flexibility index (Phi) is 6.79. The van der Waals surface area contributed by atoms with E-state index in [0.717, 1.165) is 18.2 Å². The van der Waals surface area contributed by atoms with Crippen LogP contribution in [-0.2, 0) is 0 Å². The first-order valence-electron chi connectivity index (χ1n) is 9.39. The minimum atomic E-state index is -1.46. The summed E-state index contributed by atoms with van der Waals surface area (Å²) in [6.07, 6.45) is 0. The van der Waals surface area contributed by atoms with E-state index >= 15 is 0 Å². The van der Waals surface area contributed by atoms with Gasteiger partial charge in [-0.2, -0.15) is 0 Å². The van der Waals surface area contributed by atoms with Gasteiger partial charge < -0.3 is 0 Å². The van der Waals surface area contributed by atoms with Crippen molar-refractivity contribution < 1.29 is 29.5 Å². The van der Waals surface area contributed by atoms with Crippen molar-refractivity contribution in [1.82, 2.24) is 0 Å². The van der Waals surface area contributed by atoms with Crippen molar-refractivity contribution in [2.24, 2.45) is 0 Å². The van der Waals surface area contributed by atoms with Crippen LogP contribution < -0.4 is 5.30 Å². The third-order valence-corrected chi connectivity index (χ3v) is 5.52. The zero-order valence-electron chi connectivity index (χ0n) is 17.7. The molecule has 19 heteroatoms. The van der Waals surface area contributed by atoms with E-state index in [0.29, 0.717) is 12.1 Å². The van der Waals surface area contributed by atoms with Crippen LogP contribution in [0.2, 0.25) is 0 Å². The number of nitro benzene ring substituents is 6. The summed E-state index contributed by atoms with van der Waals surface area (Å²) in [5.74, 6) is 0. The smallest absolute Gasteiger partial charge is 0.258 e. The van der Waals surface area contributed by atoms with Gasteiger partial charge in [-0.25, -0.2) is 0 Å². The lowest BCUT2D eigenvalue weighted by Gasteiger charge is -2.14. The van der Waals surface area contributed by atoms with E-state index in [1.807, 2.05) is 0 Å². The molecule has 0 fully saturated rings. The SMILES string of the molecule is O=[N+]([O-])c1ccc(-c2cccc(P)c2-c2ccc([N+](=O)[O-])c([N+](=O)[O-])c2[N+](=O)[O-])c([N+](=O)[O-])c1[N+](=O)[O-]. The van der Waals surface area contributed by atoms with Gasteiger partial charge in [-0.1, -0.05) is 18.2 Å². The van der Waals surface area contributed by atoms with Gasteiger partial charge in [0.15, 0.2) is 0 Å². The minimum absolute atomic E-state index is 0.0547. The highest BCUT2D eigenvalue weighted by molar-refractivity contribution is 7.28. The van der Waals surface area contributed by atoms with E-state index in [-0.39, 0.29) is 16.4 Å². The lowest BCUT2D eigenvalue weighted by Crippen LogP contribution is -2.08. The Balaban J connectivity index is 2.57. The Morgan fingerprint density at radius 3 is 1.27 bits per heavy atom. The molecule has 1 unspecified atom stereocenters. The Morgan fingerprint density at radius 1 is 0.459 bits per heavy atom. The van der Waals surface area contributed by atoms with Crippen molar-refractivity contribution in [2.75, 3.05) is 0 Å².